The van der Waals surface area contributed by atoms with Crippen LogP contribution >= 0.6 is 27.3 Å². The summed E-state index contributed by atoms with van der Waals surface area (Å²) in [5.74, 6) is 0.531. The minimum Gasteiger partial charge on any atom is -0.330 e. The summed E-state index contributed by atoms with van der Waals surface area (Å²) in [5, 5.41) is 0. The first kappa shape index (κ1) is 12.8. The largest absolute Gasteiger partial charge is 0.330 e. The molecule has 0 aliphatic heterocycles. The maximum atomic E-state index is 5.87. The van der Waals surface area contributed by atoms with Gasteiger partial charge in [-0.1, -0.05) is 30.3 Å². The SMILES string of the molecule is NCC(Cc1ccccc1)Cc1ccc(Br)s1. The fraction of sp³-hybridized carbons (Fsp3) is 0.286. The van der Waals surface area contributed by atoms with Crippen molar-refractivity contribution in [3.63, 3.8) is 0 Å². The Balaban J connectivity index is 1.98. The first-order chi connectivity index (χ1) is 8.28. The van der Waals surface area contributed by atoms with Crippen molar-refractivity contribution in [1.29, 1.82) is 0 Å². The van der Waals surface area contributed by atoms with Crippen molar-refractivity contribution in [3.8, 4) is 0 Å². The summed E-state index contributed by atoms with van der Waals surface area (Å²) in [6.07, 6.45) is 2.13. The van der Waals surface area contributed by atoms with E-state index in [1.54, 1.807) is 11.3 Å². The molecule has 0 radical (unpaired) electrons. The number of thiophene rings is 1. The molecule has 3 heteroatoms. The summed E-state index contributed by atoms with van der Waals surface area (Å²) in [6.45, 7) is 0.740. The quantitative estimate of drug-likeness (QED) is 0.891. The second-order valence-corrected chi connectivity index (χ2v) is 6.75. The second-order valence-electron chi connectivity index (χ2n) is 4.20. The molecule has 1 nitrogen and oxygen atoms in total. The third-order valence-electron chi connectivity index (χ3n) is 2.82. The van der Waals surface area contributed by atoms with Crippen molar-refractivity contribution in [3.05, 3.63) is 56.7 Å². The molecule has 1 unspecified atom stereocenters. The normalized spacial score (nSPS) is 12.6. The predicted molar refractivity (Wildman–Crippen MR) is 78.4 cm³/mol. The summed E-state index contributed by atoms with van der Waals surface area (Å²) in [4.78, 5) is 1.41. The number of rotatable bonds is 5. The molecule has 1 atom stereocenters. The molecule has 0 amide bonds. The highest BCUT2D eigenvalue weighted by Gasteiger charge is 2.10. The molecule has 1 aromatic heterocycles. The topological polar surface area (TPSA) is 26.0 Å². The van der Waals surface area contributed by atoms with E-state index in [0.29, 0.717) is 5.92 Å². The summed E-state index contributed by atoms with van der Waals surface area (Å²) in [5.41, 5.74) is 7.24. The Morgan fingerprint density at radius 2 is 1.82 bits per heavy atom. The maximum Gasteiger partial charge on any atom is 0.0701 e. The molecule has 90 valence electrons. The number of halogens is 1. The van der Waals surface area contributed by atoms with Gasteiger partial charge in [-0.05, 0) is 58.9 Å². The second kappa shape index (κ2) is 6.34. The molecule has 17 heavy (non-hydrogen) atoms. The van der Waals surface area contributed by atoms with Gasteiger partial charge in [0.25, 0.3) is 0 Å². The number of benzene rings is 1. The van der Waals surface area contributed by atoms with Crippen molar-refractivity contribution >= 4 is 27.3 Å². The van der Waals surface area contributed by atoms with Crippen LogP contribution in [0.25, 0.3) is 0 Å². The first-order valence-corrected chi connectivity index (χ1v) is 7.37. The van der Waals surface area contributed by atoms with Crippen LogP contribution < -0.4 is 5.73 Å². The molecule has 0 saturated heterocycles. The van der Waals surface area contributed by atoms with Gasteiger partial charge in [0.1, 0.15) is 0 Å². The maximum absolute atomic E-state index is 5.87. The van der Waals surface area contributed by atoms with E-state index in [2.05, 4.69) is 58.4 Å². The highest BCUT2D eigenvalue weighted by atomic mass is 79.9. The molecule has 2 N–H and O–H groups in total. The van der Waals surface area contributed by atoms with Crippen LogP contribution in [-0.2, 0) is 12.8 Å². The Kier molecular flexibility index (Phi) is 4.77. The van der Waals surface area contributed by atoms with Crippen LogP contribution in [0.3, 0.4) is 0 Å². The standard InChI is InChI=1S/C14H16BrNS/c15-14-7-6-13(17-14)9-12(10-16)8-11-4-2-1-3-5-11/h1-7,12H,8-10,16H2. The molecule has 0 aliphatic carbocycles. The lowest BCUT2D eigenvalue weighted by molar-refractivity contribution is 0.537. The summed E-state index contributed by atoms with van der Waals surface area (Å²) >= 11 is 5.30. The summed E-state index contributed by atoms with van der Waals surface area (Å²) in [6, 6.07) is 14.9. The summed E-state index contributed by atoms with van der Waals surface area (Å²) < 4.78 is 1.20. The smallest absolute Gasteiger partial charge is 0.0701 e. The van der Waals surface area contributed by atoms with Crippen molar-refractivity contribution < 1.29 is 0 Å². The van der Waals surface area contributed by atoms with Gasteiger partial charge in [-0.25, -0.2) is 0 Å². The third-order valence-corrected chi connectivity index (χ3v) is 4.47. The van der Waals surface area contributed by atoms with E-state index >= 15 is 0 Å². The van der Waals surface area contributed by atoms with Gasteiger partial charge in [0.05, 0.1) is 3.79 Å². The Bertz CT molecular complexity index is 452. The molecular weight excluding hydrogens is 294 g/mol. The van der Waals surface area contributed by atoms with Crippen LogP contribution in [0, 0.1) is 5.92 Å². The van der Waals surface area contributed by atoms with Crippen LogP contribution in [-0.4, -0.2) is 6.54 Å². The van der Waals surface area contributed by atoms with E-state index in [-0.39, 0.29) is 0 Å². The van der Waals surface area contributed by atoms with Gasteiger partial charge in [-0.3, -0.25) is 0 Å². The monoisotopic (exact) mass is 309 g/mol. The van der Waals surface area contributed by atoms with Crippen molar-refractivity contribution in [2.45, 2.75) is 12.8 Å². The Labute approximate surface area is 115 Å². The van der Waals surface area contributed by atoms with Gasteiger partial charge in [0.2, 0.25) is 0 Å². The minimum atomic E-state index is 0.531. The van der Waals surface area contributed by atoms with E-state index in [9.17, 15) is 0 Å². The van der Waals surface area contributed by atoms with Gasteiger partial charge < -0.3 is 5.73 Å². The lowest BCUT2D eigenvalue weighted by Gasteiger charge is -2.13. The van der Waals surface area contributed by atoms with E-state index in [4.69, 9.17) is 5.73 Å². The molecule has 0 bridgehead atoms. The van der Waals surface area contributed by atoms with Crippen LogP contribution in [0.15, 0.2) is 46.3 Å². The van der Waals surface area contributed by atoms with Gasteiger partial charge in [-0.2, -0.15) is 0 Å². The Morgan fingerprint density at radius 1 is 1.06 bits per heavy atom. The van der Waals surface area contributed by atoms with Crippen molar-refractivity contribution in [2.24, 2.45) is 11.7 Å². The van der Waals surface area contributed by atoms with Gasteiger partial charge in [-0.15, -0.1) is 11.3 Å². The Morgan fingerprint density at radius 3 is 2.41 bits per heavy atom. The molecule has 0 fully saturated rings. The Hall–Kier alpha value is -0.640. The fourth-order valence-electron chi connectivity index (χ4n) is 1.93. The van der Waals surface area contributed by atoms with Crippen LogP contribution in [0.4, 0.5) is 0 Å². The van der Waals surface area contributed by atoms with Crippen molar-refractivity contribution in [2.75, 3.05) is 6.54 Å². The zero-order chi connectivity index (χ0) is 12.1. The zero-order valence-electron chi connectivity index (χ0n) is 9.60. The molecule has 0 spiro atoms. The molecule has 0 aliphatic rings. The fourth-order valence-corrected chi connectivity index (χ4v) is 3.53. The number of hydrogen-bond donors (Lipinski definition) is 1. The van der Waals surface area contributed by atoms with Crippen LogP contribution in [0.1, 0.15) is 10.4 Å². The zero-order valence-corrected chi connectivity index (χ0v) is 12.0. The van der Waals surface area contributed by atoms with Gasteiger partial charge in [0, 0.05) is 4.88 Å². The lowest BCUT2D eigenvalue weighted by atomic mass is 9.96. The van der Waals surface area contributed by atoms with Gasteiger partial charge in [0.15, 0.2) is 0 Å². The molecule has 2 aromatic rings. The lowest BCUT2D eigenvalue weighted by Crippen LogP contribution is -2.18. The van der Waals surface area contributed by atoms with E-state index in [1.165, 1.54) is 14.2 Å². The van der Waals surface area contributed by atoms with Gasteiger partial charge >= 0.3 is 0 Å². The average Bonchev–Trinajstić information content (AvgIpc) is 2.75. The van der Waals surface area contributed by atoms with E-state index in [1.807, 2.05) is 0 Å². The molecule has 1 aromatic carbocycles. The van der Waals surface area contributed by atoms with E-state index in [0.717, 1.165) is 19.4 Å². The molecule has 1 heterocycles. The van der Waals surface area contributed by atoms with Crippen LogP contribution in [0.2, 0.25) is 0 Å². The van der Waals surface area contributed by atoms with Crippen molar-refractivity contribution in [1.82, 2.24) is 0 Å². The minimum absolute atomic E-state index is 0.531. The number of nitrogens with two attached hydrogens (primary N) is 1. The first-order valence-electron chi connectivity index (χ1n) is 5.76. The average molecular weight is 310 g/mol. The highest BCUT2D eigenvalue weighted by molar-refractivity contribution is 9.11. The molecular formula is C14H16BrNS. The molecule has 2 rings (SSSR count). The van der Waals surface area contributed by atoms with E-state index < -0.39 is 0 Å². The molecule has 0 saturated carbocycles. The highest BCUT2D eigenvalue weighted by Crippen LogP contribution is 2.25. The summed E-state index contributed by atoms with van der Waals surface area (Å²) in [7, 11) is 0. The predicted octanol–water partition coefficient (Wildman–Crippen LogP) is 3.87. The number of hydrogen-bond acceptors (Lipinski definition) is 2. The van der Waals surface area contributed by atoms with Crippen LogP contribution in [0.5, 0.6) is 0 Å². The third kappa shape index (κ3) is 3.95.